The van der Waals surface area contributed by atoms with E-state index in [9.17, 15) is 0 Å². The summed E-state index contributed by atoms with van der Waals surface area (Å²) in [6.07, 6.45) is 1.18. The zero-order valence-electron chi connectivity index (χ0n) is 11.1. The predicted molar refractivity (Wildman–Crippen MR) is 80.1 cm³/mol. The van der Waals surface area contributed by atoms with E-state index in [1.165, 1.54) is 12.1 Å². The maximum absolute atomic E-state index is 9.00. The lowest BCUT2D eigenvalue weighted by Gasteiger charge is -2.29. The fraction of sp³-hybridized carbons (Fsp3) is 0.533. The number of hydrogen-bond donors (Lipinski definition) is 1. The number of anilines is 1. The van der Waals surface area contributed by atoms with Gasteiger partial charge in [-0.15, -0.1) is 0 Å². The van der Waals surface area contributed by atoms with Gasteiger partial charge in [0.15, 0.2) is 0 Å². The van der Waals surface area contributed by atoms with Crippen LogP contribution in [0.25, 0.3) is 0 Å². The number of nitrogens with zero attached hydrogens (tertiary/aromatic N) is 2. The highest BCUT2D eigenvalue weighted by atomic mass is 79.9. The van der Waals surface area contributed by atoms with Gasteiger partial charge in [0.1, 0.15) is 6.07 Å². The zero-order chi connectivity index (χ0) is 13.4. The normalized spacial score (nSPS) is 29.3. The van der Waals surface area contributed by atoms with Gasteiger partial charge in [0.2, 0.25) is 0 Å². The van der Waals surface area contributed by atoms with Crippen LogP contribution in [0.15, 0.2) is 22.7 Å². The van der Waals surface area contributed by atoms with Crippen molar-refractivity contribution in [2.75, 3.05) is 24.5 Å². The van der Waals surface area contributed by atoms with Crippen LogP contribution in [0.1, 0.15) is 18.9 Å². The van der Waals surface area contributed by atoms with Gasteiger partial charge in [0, 0.05) is 35.8 Å². The van der Waals surface area contributed by atoms with Gasteiger partial charge in [0.25, 0.3) is 0 Å². The lowest BCUT2D eigenvalue weighted by Crippen LogP contribution is -2.35. The van der Waals surface area contributed by atoms with Crippen LogP contribution >= 0.6 is 15.9 Å². The predicted octanol–water partition coefficient (Wildman–Crippen LogP) is 2.75. The quantitative estimate of drug-likeness (QED) is 0.911. The molecule has 0 bridgehead atoms. The second-order valence-electron chi connectivity index (χ2n) is 5.49. The van der Waals surface area contributed by atoms with Gasteiger partial charge < -0.3 is 10.2 Å². The number of rotatable bonds is 2. The van der Waals surface area contributed by atoms with Crippen LogP contribution in [-0.4, -0.2) is 25.7 Å². The van der Waals surface area contributed by atoms with Crippen LogP contribution in [0.2, 0.25) is 0 Å². The number of benzene rings is 1. The number of fused-ring (bicyclic) bond motifs is 1. The van der Waals surface area contributed by atoms with Crippen LogP contribution in [-0.2, 0) is 0 Å². The summed E-state index contributed by atoms with van der Waals surface area (Å²) in [6, 6.07) is 8.92. The van der Waals surface area contributed by atoms with E-state index in [1.54, 1.807) is 0 Å². The van der Waals surface area contributed by atoms with Crippen molar-refractivity contribution in [2.45, 2.75) is 19.4 Å². The summed E-state index contributed by atoms with van der Waals surface area (Å²) in [6.45, 7) is 5.71. The summed E-state index contributed by atoms with van der Waals surface area (Å²) in [7, 11) is 0. The molecule has 0 amide bonds. The Bertz CT molecular complexity index is 523. The summed E-state index contributed by atoms with van der Waals surface area (Å²) in [5.74, 6) is 1.55. The molecule has 3 unspecified atom stereocenters. The lowest BCUT2D eigenvalue weighted by molar-refractivity contribution is 0.442. The third-order valence-corrected chi connectivity index (χ3v) is 5.20. The molecule has 2 aliphatic heterocycles. The fourth-order valence-electron chi connectivity index (χ4n) is 3.62. The largest absolute Gasteiger partial charge is 0.368 e. The van der Waals surface area contributed by atoms with Gasteiger partial charge in [-0.2, -0.15) is 5.26 Å². The van der Waals surface area contributed by atoms with E-state index in [4.69, 9.17) is 5.26 Å². The summed E-state index contributed by atoms with van der Waals surface area (Å²) < 4.78 is 0.900. The van der Waals surface area contributed by atoms with E-state index in [0.29, 0.717) is 11.6 Å². The summed E-state index contributed by atoms with van der Waals surface area (Å²) in [5, 5.41) is 12.5. The molecule has 3 nitrogen and oxygen atoms in total. The van der Waals surface area contributed by atoms with Gasteiger partial charge in [-0.1, -0.05) is 6.92 Å². The summed E-state index contributed by atoms with van der Waals surface area (Å²) >= 11 is 3.50. The van der Waals surface area contributed by atoms with Crippen LogP contribution in [0.5, 0.6) is 0 Å². The van der Waals surface area contributed by atoms with Gasteiger partial charge in [0.05, 0.1) is 5.56 Å². The molecule has 3 atom stereocenters. The molecule has 19 heavy (non-hydrogen) atoms. The lowest BCUT2D eigenvalue weighted by atomic mass is 9.93. The minimum absolute atomic E-state index is 0.625. The zero-order valence-corrected chi connectivity index (χ0v) is 12.7. The third-order valence-electron chi connectivity index (χ3n) is 4.54. The number of hydrogen-bond acceptors (Lipinski definition) is 3. The Hall–Kier alpha value is -1.05. The van der Waals surface area contributed by atoms with Crippen molar-refractivity contribution in [3.05, 3.63) is 28.2 Å². The average molecular weight is 320 g/mol. The Balaban J connectivity index is 1.90. The molecule has 100 valence electrons. The molecule has 4 heteroatoms. The summed E-state index contributed by atoms with van der Waals surface area (Å²) in [4.78, 5) is 2.53. The van der Waals surface area contributed by atoms with Crippen molar-refractivity contribution in [3.8, 4) is 6.07 Å². The van der Waals surface area contributed by atoms with Gasteiger partial charge in [-0.3, -0.25) is 0 Å². The van der Waals surface area contributed by atoms with Crippen molar-refractivity contribution in [2.24, 2.45) is 11.8 Å². The molecule has 0 spiro atoms. The topological polar surface area (TPSA) is 39.1 Å². The number of nitriles is 1. The molecule has 0 aromatic heterocycles. The maximum Gasteiger partial charge on any atom is 0.100 e. The molecule has 2 fully saturated rings. The number of nitrogens with one attached hydrogen (secondary N) is 1. The van der Waals surface area contributed by atoms with Crippen LogP contribution in [0.3, 0.4) is 0 Å². The monoisotopic (exact) mass is 319 g/mol. The molecule has 0 radical (unpaired) electrons. The Labute approximate surface area is 122 Å². The summed E-state index contributed by atoms with van der Waals surface area (Å²) in [5.41, 5.74) is 1.95. The average Bonchev–Trinajstić information content (AvgIpc) is 2.98. The first-order valence-electron chi connectivity index (χ1n) is 6.91. The van der Waals surface area contributed by atoms with E-state index in [-0.39, 0.29) is 0 Å². The smallest absolute Gasteiger partial charge is 0.100 e. The molecule has 2 saturated heterocycles. The molecule has 2 heterocycles. The maximum atomic E-state index is 9.00. The molecule has 2 aliphatic rings. The highest BCUT2D eigenvalue weighted by Gasteiger charge is 2.43. The van der Waals surface area contributed by atoms with Gasteiger partial charge in [-0.25, -0.2) is 0 Å². The highest BCUT2D eigenvalue weighted by Crippen LogP contribution is 2.38. The molecule has 0 saturated carbocycles. The minimum Gasteiger partial charge on any atom is -0.368 e. The molecular formula is C15H18BrN3. The highest BCUT2D eigenvalue weighted by molar-refractivity contribution is 9.10. The first-order chi connectivity index (χ1) is 9.24. The van der Waals surface area contributed by atoms with Gasteiger partial charge >= 0.3 is 0 Å². The molecule has 1 aromatic carbocycles. The van der Waals surface area contributed by atoms with E-state index in [0.717, 1.165) is 35.9 Å². The third kappa shape index (κ3) is 2.15. The van der Waals surface area contributed by atoms with Gasteiger partial charge in [-0.05, 0) is 52.4 Å². The van der Waals surface area contributed by atoms with E-state index >= 15 is 0 Å². The van der Waals surface area contributed by atoms with Crippen LogP contribution in [0, 0.1) is 23.2 Å². The SMILES string of the molecule is CCC1C2CNCC2CN1c1ccc(C#N)c(Br)c1. The first-order valence-corrected chi connectivity index (χ1v) is 7.71. The standard InChI is InChI=1S/C15H18BrN3/c1-2-15-13-8-18-7-11(13)9-19(15)12-4-3-10(6-17)14(16)5-12/h3-5,11,13,15,18H,2,7-9H2,1H3. The van der Waals surface area contributed by atoms with Crippen molar-refractivity contribution >= 4 is 21.6 Å². The second kappa shape index (κ2) is 5.15. The fourth-order valence-corrected chi connectivity index (χ4v) is 4.07. The molecule has 0 aliphatic carbocycles. The van der Waals surface area contributed by atoms with Crippen LogP contribution < -0.4 is 10.2 Å². The van der Waals surface area contributed by atoms with E-state index < -0.39 is 0 Å². The van der Waals surface area contributed by atoms with Crippen LogP contribution in [0.4, 0.5) is 5.69 Å². The second-order valence-corrected chi connectivity index (χ2v) is 6.34. The van der Waals surface area contributed by atoms with E-state index in [2.05, 4.69) is 51.3 Å². The Kier molecular flexibility index (Phi) is 3.51. The van der Waals surface area contributed by atoms with E-state index in [1.807, 2.05) is 6.07 Å². The van der Waals surface area contributed by atoms with Crippen molar-refractivity contribution in [1.82, 2.24) is 5.32 Å². The molecule has 1 N–H and O–H groups in total. The minimum atomic E-state index is 0.625. The Morgan fingerprint density at radius 1 is 1.47 bits per heavy atom. The van der Waals surface area contributed by atoms with Crippen molar-refractivity contribution in [1.29, 1.82) is 5.26 Å². The molecular weight excluding hydrogens is 302 g/mol. The molecule has 3 rings (SSSR count). The Morgan fingerprint density at radius 2 is 2.32 bits per heavy atom. The Morgan fingerprint density at radius 3 is 3.00 bits per heavy atom. The molecule has 1 aromatic rings. The number of halogens is 1. The first kappa shape index (κ1) is 13.0. The van der Waals surface area contributed by atoms with Crippen molar-refractivity contribution in [3.63, 3.8) is 0 Å². The van der Waals surface area contributed by atoms with Crippen molar-refractivity contribution < 1.29 is 0 Å².